The number of benzene rings is 2. The van der Waals surface area contributed by atoms with E-state index in [1.165, 1.54) is 26.0 Å². The first kappa shape index (κ1) is 19.2. The van der Waals surface area contributed by atoms with Crippen molar-refractivity contribution < 1.29 is 18.7 Å². The van der Waals surface area contributed by atoms with Crippen molar-refractivity contribution in [1.29, 1.82) is 0 Å². The minimum Gasteiger partial charge on any atom is -0.496 e. The minimum atomic E-state index is -0.533. The average molecular weight is 346 g/mol. The van der Waals surface area contributed by atoms with Gasteiger partial charge in [0.1, 0.15) is 17.1 Å². The maximum atomic E-state index is 14.3. The van der Waals surface area contributed by atoms with E-state index in [0.717, 1.165) is 25.2 Å². The number of carbonyl (C=O) groups excluding carboxylic acids is 1. The Kier molecular flexibility index (Phi) is 7.23. The Morgan fingerprint density at radius 3 is 2.56 bits per heavy atom. The molecule has 0 spiro atoms. The number of esters is 1. The SMILES string of the molecule is COc1ccc2cccc(F)c2c1C(=O)OCCCCCCC(C)C. The van der Waals surface area contributed by atoms with Gasteiger partial charge in [-0.2, -0.15) is 0 Å². The molecule has 0 aliphatic carbocycles. The molecule has 2 aromatic rings. The molecular weight excluding hydrogens is 319 g/mol. The lowest BCUT2D eigenvalue weighted by atomic mass is 10.0. The van der Waals surface area contributed by atoms with E-state index in [0.29, 0.717) is 17.7 Å². The number of unbranched alkanes of at least 4 members (excludes halogenated alkanes) is 3. The van der Waals surface area contributed by atoms with Gasteiger partial charge in [0.15, 0.2) is 0 Å². The molecule has 2 rings (SSSR count). The van der Waals surface area contributed by atoms with Gasteiger partial charge < -0.3 is 9.47 Å². The van der Waals surface area contributed by atoms with Crippen LogP contribution in [0.2, 0.25) is 0 Å². The van der Waals surface area contributed by atoms with Gasteiger partial charge in [0, 0.05) is 5.39 Å². The Labute approximate surface area is 149 Å². The first-order valence-electron chi connectivity index (χ1n) is 8.97. The summed E-state index contributed by atoms with van der Waals surface area (Å²) in [6.07, 6.45) is 5.42. The second kappa shape index (κ2) is 9.40. The van der Waals surface area contributed by atoms with Crippen LogP contribution in [0.3, 0.4) is 0 Å². The highest BCUT2D eigenvalue weighted by molar-refractivity contribution is 6.07. The molecular formula is C21H27FO3. The van der Waals surface area contributed by atoms with E-state index in [1.807, 2.05) is 0 Å². The summed E-state index contributed by atoms with van der Waals surface area (Å²) in [5, 5.41) is 0.908. The van der Waals surface area contributed by atoms with E-state index in [2.05, 4.69) is 13.8 Å². The molecule has 0 atom stereocenters. The van der Waals surface area contributed by atoms with Crippen LogP contribution in [0, 0.1) is 11.7 Å². The van der Waals surface area contributed by atoms with Gasteiger partial charge >= 0.3 is 5.97 Å². The number of rotatable bonds is 9. The quantitative estimate of drug-likeness (QED) is 0.428. The normalized spacial score (nSPS) is 11.1. The zero-order valence-corrected chi connectivity index (χ0v) is 15.3. The van der Waals surface area contributed by atoms with Gasteiger partial charge in [-0.3, -0.25) is 0 Å². The van der Waals surface area contributed by atoms with Gasteiger partial charge in [-0.1, -0.05) is 57.7 Å². The van der Waals surface area contributed by atoms with E-state index in [1.54, 1.807) is 24.3 Å². The monoisotopic (exact) mass is 346 g/mol. The highest BCUT2D eigenvalue weighted by Crippen LogP contribution is 2.30. The van der Waals surface area contributed by atoms with Crippen molar-refractivity contribution in [3.8, 4) is 5.75 Å². The van der Waals surface area contributed by atoms with Crippen molar-refractivity contribution in [2.45, 2.75) is 46.0 Å². The van der Waals surface area contributed by atoms with E-state index < -0.39 is 11.8 Å². The number of hydrogen-bond donors (Lipinski definition) is 0. The van der Waals surface area contributed by atoms with Crippen LogP contribution in [-0.2, 0) is 4.74 Å². The van der Waals surface area contributed by atoms with Gasteiger partial charge in [-0.05, 0) is 29.9 Å². The zero-order valence-electron chi connectivity index (χ0n) is 15.3. The maximum absolute atomic E-state index is 14.3. The first-order valence-corrected chi connectivity index (χ1v) is 8.97. The molecule has 0 unspecified atom stereocenters. The maximum Gasteiger partial charge on any atom is 0.342 e. The van der Waals surface area contributed by atoms with Crippen LogP contribution in [0.4, 0.5) is 4.39 Å². The Bertz CT molecular complexity index is 710. The van der Waals surface area contributed by atoms with Crippen molar-refractivity contribution in [2.24, 2.45) is 5.92 Å². The number of ether oxygens (including phenoxy) is 2. The fourth-order valence-electron chi connectivity index (χ4n) is 2.93. The predicted octanol–water partition coefficient (Wildman–Crippen LogP) is 5.75. The van der Waals surface area contributed by atoms with Crippen molar-refractivity contribution in [3.63, 3.8) is 0 Å². The topological polar surface area (TPSA) is 35.5 Å². The molecule has 0 saturated heterocycles. The van der Waals surface area contributed by atoms with E-state index in [9.17, 15) is 9.18 Å². The highest BCUT2D eigenvalue weighted by Gasteiger charge is 2.20. The summed E-state index contributed by atoms with van der Waals surface area (Å²) < 4.78 is 24.9. The van der Waals surface area contributed by atoms with Gasteiger partial charge in [0.25, 0.3) is 0 Å². The van der Waals surface area contributed by atoms with E-state index >= 15 is 0 Å². The Morgan fingerprint density at radius 1 is 1.08 bits per heavy atom. The van der Waals surface area contributed by atoms with Crippen LogP contribution < -0.4 is 4.74 Å². The Morgan fingerprint density at radius 2 is 1.84 bits per heavy atom. The third-order valence-corrected chi connectivity index (χ3v) is 4.29. The number of methoxy groups -OCH3 is 1. The van der Waals surface area contributed by atoms with Crippen LogP contribution in [0.5, 0.6) is 5.75 Å². The van der Waals surface area contributed by atoms with Crippen LogP contribution in [0.25, 0.3) is 10.8 Å². The standard InChI is InChI=1S/C21H27FO3/c1-15(2)9-6-4-5-7-14-25-21(23)20-18(24-3)13-12-16-10-8-11-17(22)19(16)20/h8,10-13,15H,4-7,9,14H2,1-3H3. The largest absolute Gasteiger partial charge is 0.496 e. The second-order valence-corrected chi connectivity index (χ2v) is 6.71. The lowest BCUT2D eigenvalue weighted by molar-refractivity contribution is 0.0496. The summed E-state index contributed by atoms with van der Waals surface area (Å²) in [5.41, 5.74) is 0.165. The lowest BCUT2D eigenvalue weighted by Crippen LogP contribution is -2.09. The van der Waals surface area contributed by atoms with Crippen LogP contribution in [0.1, 0.15) is 56.3 Å². The summed E-state index contributed by atoms with van der Waals surface area (Å²) in [5.74, 6) is 0.0813. The van der Waals surface area contributed by atoms with Crippen LogP contribution in [-0.4, -0.2) is 19.7 Å². The molecule has 0 N–H and O–H groups in total. The van der Waals surface area contributed by atoms with Crippen molar-refractivity contribution >= 4 is 16.7 Å². The number of hydrogen-bond acceptors (Lipinski definition) is 3. The third-order valence-electron chi connectivity index (χ3n) is 4.29. The van der Waals surface area contributed by atoms with Gasteiger partial charge in [-0.15, -0.1) is 0 Å². The smallest absolute Gasteiger partial charge is 0.342 e. The Balaban J connectivity index is 1.99. The molecule has 4 heteroatoms. The molecule has 25 heavy (non-hydrogen) atoms. The molecule has 0 aliphatic heterocycles. The van der Waals surface area contributed by atoms with E-state index in [4.69, 9.17) is 9.47 Å². The van der Waals surface area contributed by atoms with Crippen LogP contribution >= 0.6 is 0 Å². The summed E-state index contributed by atoms with van der Waals surface area (Å²) in [6, 6.07) is 8.14. The molecule has 0 amide bonds. The molecule has 0 heterocycles. The fraction of sp³-hybridized carbons (Fsp3) is 0.476. The summed E-state index contributed by atoms with van der Waals surface area (Å²) in [4.78, 5) is 12.5. The highest BCUT2D eigenvalue weighted by atomic mass is 19.1. The molecule has 3 nitrogen and oxygen atoms in total. The molecule has 0 aromatic heterocycles. The van der Waals surface area contributed by atoms with Crippen molar-refractivity contribution in [3.05, 3.63) is 41.7 Å². The summed E-state index contributed by atoms with van der Waals surface area (Å²) >= 11 is 0. The van der Waals surface area contributed by atoms with Gasteiger partial charge in [-0.25, -0.2) is 9.18 Å². The zero-order chi connectivity index (χ0) is 18.2. The lowest BCUT2D eigenvalue weighted by Gasteiger charge is -2.12. The van der Waals surface area contributed by atoms with Crippen LogP contribution in [0.15, 0.2) is 30.3 Å². The molecule has 0 radical (unpaired) electrons. The predicted molar refractivity (Wildman–Crippen MR) is 98.7 cm³/mol. The van der Waals surface area contributed by atoms with Gasteiger partial charge in [0.2, 0.25) is 0 Å². The molecule has 0 fully saturated rings. The second-order valence-electron chi connectivity index (χ2n) is 6.71. The average Bonchev–Trinajstić information content (AvgIpc) is 2.59. The number of fused-ring (bicyclic) bond motifs is 1. The van der Waals surface area contributed by atoms with Crippen molar-refractivity contribution in [1.82, 2.24) is 0 Å². The molecule has 136 valence electrons. The summed E-state index contributed by atoms with van der Waals surface area (Å²) in [7, 11) is 1.47. The number of halogens is 1. The summed E-state index contributed by atoms with van der Waals surface area (Å²) in [6.45, 7) is 4.78. The molecule has 2 aromatic carbocycles. The first-order chi connectivity index (χ1) is 12.0. The fourth-order valence-corrected chi connectivity index (χ4v) is 2.93. The van der Waals surface area contributed by atoms with E-state index in [-0.39, 0.29) is 10.9 Å². The molecule has 0 bridgehead atoms. The molecule has 0 saturated carbocycles. The van der Waals surface area contributed by atoms with Gasteiger partial charge in [0.05, 0.1) is 13.7 Å². The minimum absolute atomic E-state index is 0.165. The Hall–Kier alpha value is -2.10. The van der Waals surface area contributed by atoms with Crippen molar-refractivity contribution in [2.75, 3.05) is 13.7 Å². The molecule has 0 aliphatic rings. The number of carbonyl (C=O) groups is 1. The third kappa shape index (κ3) is 5.18.